The molecule has 0 heterocycles. The first kappa shape index (κ1) is 21.5. The van der Waals surface area contributed by atoms with Crippen LogP contribution >= 0.6 is 0 Å². The van der Waals surface area contributed by atoms with Crippen molar-refractivity contribution in [3.8, 4) is 11.5 Å². The highest BCUT2D eigenvalue weighted by molar-refractivity contribution is 5.89. The third kappa shape index (κ3) is 6.43. The SMILES string of the molecule is Nc1ccc(OC2CCC(NC(=O)Nc3ccc(OC(F)(F)F)c(F)c3)CC2)cc1. The normalized spacial score (nSPS) is 19.1. The van der Waals surface area contributed by atoms with E-state index >= 15 is 0 Å². The van der Waals surface area contributed by atoms with Crippen molar-refractivity contribution < 1.29 is 31.8 Å². The zero-order chi connectivity index (χ0) is 21.7. The number of benzene rings is 2. The minimum Gasteiger partial charge on any atom is -0.490 e. The molecule has 0 saturated heterocycles. The van der Waals surface area contributed by atoms with Gasteiger partial charge in [-0.05, 0) is 62.1 Å². The number of halogens is 4. The number of amides is 2. The molecule has 2 amide bonds. The lowest BCUT2D eigenvalue weighted by atomic mass is 9.93. The van der Waals surface area contributed by atoms with Crippen LogP contribution in [-0.4, -0.2) is 24.5 Å². The molecular formula is C20H21F4N3O3. The highest BCUT2D eigenvalue weighted by atomic mass is 19.4. The molecule has 0 bridgehead atoms. The quantitative estimate of drug-likeness (QED) is 0.472. The number of nitrogens with one attached hydrogen (secondary N) is 2. The van der Waals surface area contributed by atoms with Crippen molar-refractivity contribution >= 4 is 17.4 Å². The average molecular weight is 427 g/mol. The molecular weight excluding hydrogens is 406 g/mol. The van der Waals surface area contributed by atoms with Gasteiger partial charge in [-0.25, -0.2) is 9.18 Å². The monoisotopic (exact) mass is 427 g/mol. The molecule has 0 radical (unpaired) electrons. The summed E-state index contributed by atoms with van der Waals surface area (Å²) in [6.45, 7) is 0. The lowest BCUT2D eigenvalue weighted by Crippen LogP contribution is -2.41. The van der Waals surface area contributed by atoms with Crippen molar-refractivity contribution in [3.63, 3.8) is 0 Å². The highest BCUT2D eigenvalue weighted by Crippen LogP contribution is 2.28. The van der Waals surface area contributed by atoms with Gasteiger partial charge in [0.05, 0.1) is 6.10 Å². The Kier molecular flexibility index (Phi) is 6.53. The molecule has 0 atom stereocenters. The number of anilines is 2. The molecule has 1 saturated carbocycles. The van der Waals surface area contributed by atoms with Gasteiger partial charge in [-0.3, -0.25) is 0 Å². The Morgan fingerprint density at radius 1 is 1.03 bits per heavy atom. The van der Waals surface area contributed by atoms with E-state index in [1.54, 1.807) is 24.3 Å². The second kappa shape index (κ2) is 9.10. The number of alkyl halides is 3. The van der Waals surface area contributed by atoms with Crippen LogP contribution in [0, 0.1) is 5.82 Å². The molecule has 3 rings (SSSR count). The summed E-state index contributed by atoms with van der Waals surface area (Å²) in [5, 5.41) is 5.18. The molecule has 0 aromatic heterocycles. The van der Waals surface area contributed by atoms with E-state index in [1.165, 1.54) is 0 Å². The van der Waals surface area contributed by atoms with Crippen LogP contribution in [0.5, 0.6) is 11.5 Å². The van der Waals surface area contributed by atoms with Gasteiger partial charge in [-0.15, -0.1) is 13.2 Å². The van der Waals surface area contributed by atoms with Crippen molar-refractivity contribution in [2.45, 2.75) is 44.2 Å². The van der Waals surface area contributed by atoms with Gasteiger partial charge in [0.15, 0.2) is 11.6 Å². The van der Waals surface area contributed by atoms with Crippen LogP contribution in [0.4, 0.5) is 33.7 Å². The molecule has 1 fully saturated rings. The maximum atomic E-state index is 13.7. The van der Waals surface area contributed by atoms with E-state index in [4.69, 9.17) is 10.5 Å². The fourth-order valence-corrected chi connectivity index (χ4v) is 3.20. The molecule has 162 valence electrons. The summed E-state index contributed by atoms with van der Waals surface area (Å²) in [5.74, 6) is -1.46. The first-order valence-corrected chi connectivity index (χ1v) is 9.33. The van der Waals surface area contributed by atoms with Gasteiger partial charge < -0.3 is 25.8 Å². The predicted octanol–water partition coefficient (Wildman–Crippen LogP) is 4.82. The van der Waals surface area contributed by atoms with Crippen molar-refractivity contribution in [2.24, 2.45) is 0 Å². The Hall–Kier alpha value is -3.17. The second-order valence-corrected chi connectivity index (χ2v) is 6.95. The van der Waals surface area contributed by atoms with E-state index in [0.717, 1.165) is 36.8 Å². The molecule has 0 aliphatic heterocycles. The Bertz CT molecular complexity index is 867. The topological polar surface area (TPSA) is 85.6 Å². The van der Waals surface area contributed by atoms with Gasteiger partial charge in [0, 0.05) is 23.5 Å². The predicted molar refractivity (Wildman–Crippen MR) is 103 cm³/mol. The summed E-state index contributed by atoms with van der Waals surface area (Å²) in [6.07, 6.45) is -2.09. The van der Waals surface area contributed by atoms with Crippen molar-refractivity contribution in [3.05, 3.63) is 48.3 Å². The van der Waals surface area contributed by atoms with Crippen LogP contribution in [0.25, 0.3) is 0 Å². The standard InChI is InChI=1S/C20H21F4N3O3/c21-17-11-14(5-10-18(17)30-20(22,23)24)27-19(28)26-13-3-8-16(9-4-13)29-15-6-1-12(25)2-7-15/h1-2,5-7,10-11,13,16H,3-4,8-9,25H2,(H2,26,27,28). The van der Waals surface area contributed by atoms with Gasteiger partial charge in [-0.2, -0.15) is 0 Å². The minimum atomic E-state index is -5.00. The Morgan fingerprint density at radius 2 is 1.70 bits per heavy atom. The molecule has 4 N–H and O–H groups in total. The fourth-order valence-electron chi connectivity index (χ4n) is 3.20. The van der Waals surface area contributed by atoms with Crippen LogP contribution in [-0.2, 0) is 0 Å². The smallest absolute Gasteiger partial charge is 0.490 e. The number of nitrogens with two attached hydrogens (primary N) is 1. The van der Waals surface area contributed by atoms with Gasteiger partial charge in [-0.1, -0.05) is 0 Å². The summed E-state index contributed by atoms with van der Waals surface area (Å²) < 4.78 is 59.7. The third-order valence-electron chi connectivity index (χ3n) is 4.61. The number of ether oxygens (including phenoxy) is 2. The number of carbonyl (C=O) groups is 1. The third-order valence-corrected chi connectivity index (χ3v) is 4.61. The van der Waals surface area contributed by atoms with Gasteiger partial charge in [0.25, 0.3) is 0 Å². The summed E-state index contributed by atoms with van der Waals surface area (Å²) in [7, 11) is 0. The molecule has 10 heteroatoms. The van der Waals surface area contributed by atoms with E-state index in [-0.39, 0.29) is 17.8 Å². The molecule has 1 aliphatic rings. The summed E-state index contributed by atoms with van der Waals surface area (Å²) >= 11 is 0. The molecule has 0 spiro atoms. The van der Waals surface area contributed by atoms with Crippen LogP contribution < -0.4 is 25.8 Å². The lowest BCUT2D eigenvalue weighted by molar-refractivity contribution is -0.275. The van der Waals surface area contributed by atoms with Gasteiger partial charge in [0.1, 0.15) is 5.75 Å². The largest absolute Gasteiger partial charge is 0.573 e. The Balaban J connectivity index is 1.44. The van der Waals surface area contributed by atoms with E-state index in [2.05, 4.69) is 15.4 Å². The first-order chi connectivity index (χ1) is 14.2. The van der Waals surface area contributed by atoms with Crippen LogP contribution in [0.2, 0.25) is 0 Å². The maximum Gasteiger partial charge on any atom is 0.573 e. The summed E-state index contributed by atoms with van der Waals surface area (Å²) in [5.41, 5.74) is 6.32. The molecule has 6 nitrogen and oxygen atoms in total. The van der Waals surface area contributed by atoms with Crippen molar-refractivity contribution in [1.82, 2.24) is 5.32 Å². The number of hydrogen-bond acceptors (Lipinski definition) is 4. The number of rotatable bonds is 5. The zero-order valence-corrected chi connectivity index (χ0v) is 15.8. The Labute approximate surface area is 170 Å². The van der Waals surface area contributed by atoms with Gasteiger partial charge >= 0.3 is 12.4 Å². The first-order valence-electron chi connectivity index (χ1n) is 9.33. The fraction of sp³-hybridized carbons (Fsp3) is 0.350. The van der Waals surface area contributed by atoms with Crippen LogP contribution in [0.3, 0.4) is 0 Å². The maximum absolute atomic E-state index is 13.7. The molecule has 0 unspecified atom stereocenters. The zero-order valence-electron chi connectivity index (χ0n) is 15.8. The minimum absolute atomic E-state index is 0.0138. The molecule has 2 aromatic carbocycles. The van der Waals surface area contributed by atoms with Crippen molar-refractivity contribution in [1.29, 1.82) is 0 Å². The van der Waals surface area contributed by atoms with Crippen molar-refractivity contribution in [2.75, 3.05) is 11.1 Å². The summed E-state index contributed by atoms with van der Waals surface area (Å²) in [4.78, 5) is 12.1. The van der Waals surface area contributed by atoms with Crippen LogP contribution in [0.1, 0.15) is 25.7 Å². The van der Waals surface area contributed by atoms with Crippen LogP contribution in [0.15, 0.2) is 42.5 Å². The van der Waals surface area contributed by atoms with E-state index in [9.17, 15) is 22.4 Å². The Morgan fingerprint density at radius 3 is 2.30 bits per heavy atom. The summed E-state index contributed by atoms with van der Waals surface area (Å²) in [6, 6.07) is 9.16. The van der Waals surface area contributed by atoms with Gasteiger partial charge in [0.2, 0.25) is 0 Å². The van der Waals surface area contributed by atoms with E-state index in [0.29, 0.717) is 18.5 Å². The number of carbonyl (C=O) groups excluding carboxylic acids is 1. The molecule has 2 aromatic rings. The average Bonchev–Trinajstić information content (AvgIpc) is 2.66. The molecule has 30 heavy (non-hydrogen) atoms. The van der Waals surface area contributed by atoms with E-state index < -0.39 is 24.0 Å². The second-order valence-electron chi connectivity index (χ2n) is 6.95. The number of nitrogen functional groups attached to an aromatic ring is 1. The van der Waals surface area contributed by atoms with E-state index in [1.807, 2.05) is 0 Å². The lowest BCUT2D eigenvalue weighted by Gasteiger charge is -2.29. The number of hydrogen-bond donors (Lipinski definition) is 3. The highest BCUT2D eigenvalue weighted by Gasteiger charge is 2.32. The molecule has 1 aliphatic carbocycles. The number of urea groups is 1.